The summed E-state index contributed by atoms with van der Waals surface area (Å²) in [5.41, 5.74) is 0.422. The maximum Gasteiger partial charge on any atom is 0.387 e. The van der Waals surface area contributed by atoms with Crippen LogP contribution in [0.4, 0.5) is 8.78 Å². The van der Waals surface area contributed by atoms with Gasteiger partial charge in [0.15, 0.2) is 5.96 Å². The summed E-state index contributed by atoms with van der Waals surface area (Å²) in [5.74, 6) is 0.461. The Morgan fingerprint density at radius 1 is 1.30 bits per heavy atom. The molecular formula is C17H25Cl2F2N5O. The molecule has 0 radical (unpaired) electrons. The van der Waals surface area contributed by atoms with Gasteiger partial charge in [-0.2, -0.15) is 8.78 Å². The molecule has 0 spiro atoms. The number of ether oxygens (including phenoxy) is 1. The number of benzene rings is 1. The molecule has 1 aliphatic heterocycles. The zero-order valence-electron chi connectivity index (χ0n) is 15.6. The Hall–Kier alpha value is -1.35. The minimum Gasteiger partial charge on any atom is -0.433 e. The quantitative estimate of drug-likeness (QED) is 0.543. The van der Waals surface area contributed by atoms with Gasteiger partial charge in [0, 0.05) is 56.4 Å². The number of likely N-dealkylation sites (N-methyl/N-ethyl adjacent to an activating group) is 2. The Labute approximate surface area is 168 Å². The summed E-state index contributed by atoms with van der Waals surface area (Å²) in [6, 6.07) is 3.25. The first-order valence-electron chi connectivity index (χ1n) is 8.56. The van der Waals surface area contributed by atoms with Gasteiger partial charge in [-0.05, 0) is 26.2 Å². The number of hydrogen-bond donors (Lipinski definition) is 2. The van der Waals surface area contributed by atoms with E-state index in [0.29, 0.717) is 29.1 Å². The molecule has 0 bridgehead atoms. The van der Waals surface area contributed by atoms with Crippen molar-refractivity contribution >= 4 is 29.2 Å². The Balaban J connectivity index is 1.97. The van der Waals surface area contributed by atoms with Gasteiger partial charge in [-0.1, -0.05) is 23.2 Å². The molecule has 0 saturated carbocycles. The number of rotatable bonds is 6. The van der Waals surface area contributed by atoms with Crippen LogP contribution in [0.2, 0.25) is 10.0 Å². The fraction of sp³-hybridized carbons (Fsp3) is 0.588. The molecule has 1 atom stereocenters. The number of halogens is 4. The van der Waals surface area contributed by atoms with E-state index >= 15 is 0 Å². The maximum atomic E-state index is 12.7. The standard InChI is InChI=1S/C17H25Cl2F2N5O/c1-22-17(24-9-13-10-25(2)4-5-26(13)3)23-8-11-6-12(18)7-14(19)15(11)27-16(20)21/h6-7,13,16H,4-5,8-10H2,1-3H3,(H2,22,23,24). The lowest BCUT2D eigenvalue weighted by molar-refractivity contribution is -0.0504. The minimum atomic E-state index is -2.97. The van der Waals surface area contributed by atoms with Gasteiger partial charge in [0.2, 0.25) is 0 Å². The van der Waals surface area contributed by atoms with Crippen LogP contribution in [0.3, 0.4) is 0 Å². The SMILES string of the molecule is CN=C(NCc1cc(Cl)cc(Cl)c1OC(F)F)NCC1CN(C)CCN1C. The van der Waals surface area contributed by atoms with Crippen LogP contribution in [0.25, 0.3) is 0 Å². The highest BCUT2D eigenvalue weighted by molar-refractivity contribution is 6.35. The molecule has 1 aliphatic rings. The molecular weight excluding hydrogens is 399 g/mol. The van der Waals surface area contributed by atoms with E-state index in [9.17, 15) is 8.78 Å². The average Bonchev–Trinajstić information content (AvgIpc) is 2.60. The van der Waals surface area contributed by atoms with Gasteiger partial charge in [0.1, 0.15) is 5.75 Å². The van der Waals surface area contributed by atoms with Crippen LogP contribution in [0.5, 0.6) is 5.75 Å². The third-order valence-electron chi connectivity index (χ3n) is 4.45. The number of guanidine groups is 1. The molecule has 2 rings (SSSR count). The molecule has 2 N–H and O–H groups in total. The number of nitrogens with zero attached hydrogens (tertiary/aromatic N) is 3. The number of nitrogens with one attached hydrogen (secondary N) is 2. The van der Waals surface area contributed by atoms with Crippen LogP contribution in [-0.2, 0) is 6.54 Å². The first-order chi connectivity index (χ1) is 12.8. The molecule has 0 amide bonds. The summed E-state index contributed by atoms with van der Waals surface area (Å²) in [6.45, 7) is 0.918. The van der Waals surface area contributed by atoms with E-state index in [1.165, 1.54) is 12.1 Å². The van der Waals surface area contributed by atoms with Gasteiger partial charge < -0.3 is 20.3 Å². The summed E-state index contributed by atoms with van der Waals surface area (Å²) in [7, 11) is 5.84. The van der Waals surface area contributed by atoms with Gasteiger partial charge >= 0.3 is 6.61 Å². The van der Waals surface area contributed by atoms with Crippen LogP contribution in [0.15, 0.2) is 17.1 Å². The van der Waals surface area contributed by atoms with Gasteiger partial charge in [-0.15, -0.1) is 0 Å². The summed E-state index contributed by atoms with van der Waals surface area (Å²) >= 11 is 12.0. The molecule has 6 nitrogen and oxygen atoms in total. The molecule has 1 unspecified atom stereocenters. The number of hydrogen-bond acceptors (Lipinski definition) is 4. The molecule has 0 aromatic heterocycles. The van der Waals surface area contributed by atoms with Crippen molar-refractivity contribution in [3.63, 3.8) is 0 Å². The fourth-order valence-corrected chi connectivity index (χ4v) is 3.48. The number of aliphatic imine (C=N–C) groups is 1. The van der Waals surface area contributed by atoms with Crippen LogP contribution in [0.1, 0.15) is 5.56 Å². The molecule has 1 aromatic rings. The Morgan fingerprint density at radius 3 is 2.70 bits per heavy atom. The third-order valence-corrected chi connectivity index (χ3v) is 4.95. The van der Waals surface area contributed by atoms with Crippen LogP contribution in [-0.4, -0.2) is 75.7 Å². The lowest BCUT2D eigenvalue weighted by atomic mass is 10.2. The number of alkyl halides is 2. The van der Waals surface area contributed by atoms with E-state index in [2.05, 4.69) is 44.3 Å². The van der Waals surface area contributed by atoms with E-state index in [1.807, 2.05) is 0 Å². The lowest BCUT2D eigenvalue weighted by Gasteiger charge is -2.37. The van der Waals surface area contributed by atoms with Gasteiger partial charge in [-0.3, -0.25) is 9.89 Å². The highest BCUT2D eigenvalue weighted by Gasteiger charge is 2.22. The topological polar surface area (TPSA) is 52.1 Å². The molecule has 1 fully saturated rings. The van der Waals surface area contributed by atoms with Gasteiger partial charge in [0.25, 0.3) is 0 Å². The van der Waals surface area contributed by atoms with Crippen LogP contribution < -0.4 is 15.4 Å². The third kappa shape index (κ3) is 6.64. The fourth-order valence-electron chi connectivity index (χ4n) is 2.90. The molecule has 152 valence electrons. The summed E-state index contributed by atoms with van der Waals surface area (Å²) in [5, 5.41) is 6.73. The highest BCUT2D eigenvalue weighted by Crippen LogP contribution is 2.33. The normalized spacial score (nSPS) is 19.4. The van der Waals surface area contributed by atoms with Crippen molar-refractivity contribution in [2.24, 2.45) is 4.99 Å². The molecule has 1 aromatic carbocycles. The largest absolute Gasteiger partial charge is 0.433 e. The zero-order valence-corrected chi connectivity index (χ0v) is 17.1. The molecule has 0 aliphatic carbocycles. The second kappa shape index (κ2) is 10.3. The Morgan fingerprint density at radius 2 is 2.04 bits per heavy atom. The summed E-state index contributed by atoms with van der Waals surface area (Å²) < 4.78 is 29.9. The molecule has 1 saturated heterocycles. The summed E-state index contributed by atoms with van der Waals surface area (Å²) in [6.07, 6.45) is 0. The maximum absolute atomic E-state index is 12.7. The molecule has 1 heterocycles. The molecule has 27 heavy (non-hydrogen) atoms. The van der Waals surface area contributed by atoms with Crippen LogP contribution >= 0.6 is 23.2 Å². The smallest absolute Gasteiger partial charge is 0.387 e. The Kier molecular flexibility index (Phi) is 8.34. The van der Waals surface area contributed by atoms with E-state index in [1.54, 1.807) is 7.05 Å². The van der Waals surface area contributed by atoms with E-state index in [0.717, 1.165) is 19.6 Å². The predicted octanol–water partition coefficient (Wildman–Crippen LogP) is 2.51. The van der Waals surface area contributed by atoms with Crippen molar-refractivity contribution in [2.45, 2.75) is 19.2 Å². The second-order valence-electron chi connectivity index (χ2n) is 6.46. The zero-order chi connectivity index (χ0) is 20.0. The van der Waals surface area contributed by atoms with Crippen LogP contribution in [0, 0.1) is 0 Å². The van der Waals surface area contributed by atoms with Crippen molar-refractivity contribution in [3.8, 4) is 5.75 Å². The van der Waals surface area contributed by atoms with Gasteiger partial charge in [-0.25, -0.2) is 0 Å². The average molecular weight is 424 g/mol. The second-order valence-corrected chi connectivity index (χ2v) is 7.30. The van der Waals surface area contributed by atoms with Crippen molar-refractivity contribution in [3.05, 3.63) is 27.7 Å². The highest BCUT2D eigenvalue weighted by atomic mass is 35.5. The van der Waals surface area contributed by atoms with Crippen molar-refractivity contribution in [2.75, 3.05) is 47.3 Å². The first-order valence-corrected chi connectivity index (χ1v) is 9.31. The lowest BCUT2D eigenvalue weighted by Crippen LogP contribution is -2.55. The predicted molar refractivity (Wildman–Crippen MR) is 105 cm³/mol. The number of piperazine rings is 1. The van der Waals surface area contributed by atoms with Crippen molar-refractivity contribution < 1.29 is 13.5 Å². The Bertz CT molecular complexity index is 662. The minimum absolute atomic E-state index is 0.0365. The molecule has 10 heteroatoms. The van der Waals surface area contributed by atoms with E-state index < -0.39 is 6.61 Å². The van der Waals surface area contributed by atoms with E-state index in [4.69, 9.17) is 23.2 Å². The first kappa shape index (κ1) is 21.9. The van der Waals surface area contributed by atoms with Crippen molar-refractivity contribution in [1.82, 2.24) is 20.4 Å². The van der Waals surface area contributed by atoms with Crippen molar-refractivity contribution in [1.29, 1.82) is 0 Å². The van der Waals surface area contributed by atoms with Gasteiger partial charge in [0.05, 0.1) is 5.02 Å². The monoisotopic (exact) mass is 423 g/mol. The van der Waals surface area contributed by atoms with E-state index in [-0.39, 0.29) is 17.3 Å². The summed E-state index contributed by atoms with van der Waals surface area (Å²) in [4.78, 5) is 8.75.